The van der Waals surface area contributed by atoms with Crippen LogP contribution in [0.3, 0.4) is 0 Å². The summed E-state index contributed by atoms with van der Waals surface area (Å²) in [6, 6.07) is 10.4. The lowest BCUT2D eigenvalue weighted by Gasteiger charge is -2.15. The van der Waals surface area contributed by atoms with Crippen molar-refractivity contribution < 1.29 is 9.90 Å². The minimum atomic E-state index is -1.01. The van der Waals surface area contributed by atoms with Crippen LogP contribution in [0.5, 0.6) is 0 Å². The normalized spacial score (nSPS) is 11.3. The molecular formula is C23H18N6O3S. The van der Waals surface area contributed by atoms with Gasteiger partial charge in [-0.2, -0.15) is 0 Å². The first-order chi connectivity index (χ1) is 15.9. The van der Waals surface area contributed by atoms with Crippen LogP contribution in [0.2, 0.25) is 0 Å². The van der Waals surface area contributed by atoms with E-state index in [0.717, 1.165) is 11.1 Å². The second-order valence-electron chi connectivity index (χ2n) is 7.51. The topological polar surface area (TPSA) is 127 Å². The second kappa shape index (κ2) is 8.14. The molecule has 0 atom stereocenters. The number of benzene rings is 2. The fourth-order valence-electron chi connectivity index (χ4n) is 3.82. The maximum Gasteiger partial charge on any atom is 0.335 e. The van der Waals surface area contributed by atoms with Gasteiger partial charge in [0, 0.05) is 0 Å². The van der Waals surface area contributed by atoms with Gasteiger partial charge in [0.15, 0.2) is 5.65 Å². The number of fused-ring (bicyclic) bond motifs is 2. The predicted octanol–water partition coefficient (Wildman–Crippen LogP) is 3.66. The first-order valence-corrected chi connectivity index (χ1v) is 11.0. The Balaban J connectivity index is 1.67. The van der Waals surface area contributed by atoms with E-state index in [-0.39, 0.29) is 11.1 Å². The van der Waals surface area contributed by atoms with Gasteiger partial charge in [-0.15, -0.1) is 0 Å². The molecule has 0 aliphatic carbocycles. The van der Waals surface area contributed by atoms with Crippen LogP contribution in [0, 0.1) is 13.8 Å². The molecule has 5 aromatic rings. The molecule has 164 valence electrons. The van der Waals surface area contributed by atoms with Crippen molar-refractivity contribution in [2.75, 3.05) is 0 Å². The number of hydrogen-bond acceptors (Lipinski definition) is 7. The highest BCUT2D eigenvalue weighted by atomic mass is 32.2. The molecule has 2 N–H and O–H groups in total. The van der Waals surface area contributed by atoms with Gasteiger partial charge >= 0.3 is 5.97 Å². The molecule has 0 fully saturated rings. The Morgan fingerprint density at radius 3 is 2.76 bits per heavy atom. The van der Waals surface area contributed by atoms with Gasteiger partial charge in [0.2, 0.25) is 0 Å². The first-order valence-electron chi connectivity index (χ1n) is 10.1. The molecule has 3 aromatic heterocycles. The minimum Gasteiger partial charge on any atom is -0.478 e. The number of carboxylic acid groups (broad SMARTS) is 1. The average molecular weight is 459 g/mol. The fourth-order valence-corrected chi connectivity index (χ4v) is 4.69. The number of carboxylic acids is 1. The van der Waals surface area contributed by atoms with E-state index in [1.165, 1.54) is 24.2 Å². The quantitative estimate of drug-likeness (QED) is 0.302. The van der Waals surface area contributed by atoms with Gasteiger partial charge in [0.1, 0.15) is 22.7 Å². The van der Waals surface area contributed by atoms with Crippen molar-refractivity contribution in [3.8, 4) is 5.69 Å². The van der Waals surface area contributed by atoms with Crippen LogP contribution in [-0.4, -0.2) is 40.6 Å². The van der Waals surface area contributed by atoms with Gasteiger partial charge in [0.25, 0.3) is 5.56 Å². The smallest absolute Gasteiger partial charge is 0.335 e. The molecular weight excluding hydrogens is 440 g/mol. The zero-order valence-corrected chi connectivity index (χ0v) is 18.6. The number of aryl methyl sites for hydroxylation is 2. The predicted molar refractivity (Wildman–Crippen MR) is 125 cm³/mol. The molecule has 3 heterocycles. The van der Waals surface area contributed by atoms with Gasteiger partial charge < -0.3 is 10.1 Å². The lowest BCUT2D eigenvalue weighted by molar-refractivity contribution is 0.0696. The molecule has 5 rings (SSSR count). The molecule has 9 nitrogen and oxygen atoms in total. The summed E-state index contributed by atoms with van der Waals surface area (Å²) in [6.07, 6.45) is 3.01. The van der Waals surface area contributed by atoms with Gasteiger partial charge in [-0.1, -0.05) is 23.9 Å². The summed E-state index contributed by atoms with van der Waals surface area (Å²) in [5.41, 5.74) is 3.82. The monoisotopic (exact) mass is 458 g/mol. The summed E-state index contributed by atoms with van der Waals surface area (Å²) >= 11 is 1.41. The third kappa shape index (κ3) is 3.64. The number of hydrogen-bond donors (Lipinski definition) is 2. The Hall–Kier alpha value is -4.05. The van der Waals surface area contributed by atoms with Crippen LogP contribution in [0.4, 0.5) is 0 Å². The number of imidazole rings is 1. The number of thioether (sulfide) groups is 1. The van der Waals surface area contributed by atoms with E-state index >= 15 is 0 Å². The van der Waals surface area contributed by atoms with Crippen molar-refractivity contribution in [2.24, 2.45) is 0 Å². The number of nitrogens with zero attached hydrogens (tertiary/aromatic N) is 5. The number of carbonyl (C=O) groups is 1. The zero-order chi connectivity index (χ0) is 23.1. The lowest BCUT2D eigenvalue weighted by Crippen LogP contribution is -2.24. The molecule has 0 aliphatic heterocycles. The second-order valence-corrected chi connectivity index (χ2v) is 8.47. The molecule has 0 amide bonds. The van der Waals surface area contributed by atoms with Crippen LogP contribution < -0.4 is 5.56 Å². The summed E-state index contributed by atoms with van der Waals surface area (Å²) in [7, 11) is 0. The SMILES string of the molecule is Cc1cc(-n2c(CSc3ncnc4nc[nH]c34)nc3cccc(C)c3c2=O)ccc1C(=O)O. The summed E-state index contributed by atoms with van der Waals surface area (Å²) in [5.74, 6) is -0.136. The number of H-pyrrole nitrogens is 1. The van der Waals surface area contributed by atoms with E-state index in [1.807, 2.05) is 25.1 Å². The highest BCUT2D eigenvalue weighted by Crippen LogP contribution is 2.27. The van der Waals surface area contributed by atoms with Crippen molar-refractivity contribution in [1.82, 2.24) is 29.5 Å². The molecule has 0 saturated carbocycles. The fraction of sp³-hybridized carbons (Fsp3) is 0.130. The maximum atomic E-state index is 13.6. The Bertz CT molecular complexity index is 1610. The van der Waals surface area contributed by atoms with E-state index in [0.29, 0.717) is 44.4 Å². The Morgan fingerprint density at radius 2 is 1.97 bits per heavy atom. The highest BCUT2D eigenvalue weighted by molar-refractivity contribution is 7.98. The van der Waals surface area contributed by atoms with E-state index in [2.05, 4.69) is 19.9 Å². The third-order valence-corrected chi connectivity index (χ3v) is 6.39. The van der Waals surface area contributed by atoms with E-state index in [9.17, 15) is 14.7 Å². The third-order valence-electron chi connectivity index (χ3n) is 5.40. The number of aromatic nitrogens is 6. The highest BCUT2D eigenvalue weighted by Gasteiger charge is 2.17. The largest absolute Gasteiger partial charge is 0.478 e. The number of nitrogens with one attached hydrogen (secondary N) is 1. The lowest BCUT2D eigenvalue weighted by atomic mass is 10.1. The van der Waals surface area contributed by atoms with Crippen molar-refractivity contribution in [1.29, 1.82) is 0 Å². The maximum absolute atomic E-state index is 13.6. The van der Waals surface area contributed by atoms with Crippen molar-refractivity contribution in [3.63, 3.8) is 0 Å². The van der Waals surface area contributed by atoms with Crippen molar-refractivity contribution >= 4 is 39.8 Å². The molecule has 10 heteroatoms. The van der Waals surface area contributed by atoms with Crippen molar-refractivity contribution in [2.45, 2.75) is 24.6 Å². The van der Waals surface area contributed by atoms with Crippen LogP contribution in [0.15, 0.2) is 58.9 Å². The standard InChI is InChI=1S/C23H18N6O3S/c1-12-4-3-5-16-18(12)22(30)29(14-6-7-15(23(31)32)13(2)8-14)17(28-16)9-33-21-19-20(25-10-24-19)26-11-27-21/h3-8,10-11H,9H2,1-2H3,(H,31,32)(H,24,25,26,27). The summed E-state index contributed by atoms with van der Waals surface area (Å²) in [6.45, 7) is 3.58. The van der Waals surface area contributed by atoms with Gasteiger partial charge in [-0.3, -0.25) is 9.36 Å². The molecule has 0 saturated heterocycles. The Kier molecular flexibility index (Phi) is 5.14. The Morgan fingerprint density at radius 1 is 1.12 bits per heavy atom. The first kappa shape index (κ1) is 20.8. The Labute approximate surface area is 191 Å². The molecule has 33 heavy (non-hydrogen) atoms. The molecule has 0 radical (unpaired) electrons. The molecule has 2 aromatic carbocycles. The molecule has 0 aliphatic rings. The van der Waals surface area contributed by atoms with Crippen molar-refractivity contribution in [3.05, 3.63) is 81.9 Å². The number of aromatic amines is 1. The van der Waals surface area contributed by atoms with Crippen LogP contribution >= 0.6 is 11.8 Å². The summed E-state index contributed by atoms with van der Waals surface area (Å²) in [4.78, 5) is 45.6. The van der Waals surface area contributed by atoms with Crippen LogP contribution in [0.25, 0.3) is 27.8 Å². The molecule has 0 unspecified atom stereocenters. The number of aromatic carboxylic acids is 1. The molecule has 0 bridgehead atoms. The summed E-state index contributed by atoms with van der Waals surface area (Å²) < 4.78 is 1.55. The number of rotatable bonds is 5. The minimum absolute atomic E-state index is 0.190. The van der Waals surface area contributed by atoms with E-state index < -0.39 is 5.97 Å². The van der Waals surface area contributed by atoms with Crippen LogP contribution in [0.1, 0.15) is 27.3 Å². The molecule has 0 spiro atoms. The van der Waals surface area contributed by atoms with Gasteiger partial charge in [-0.25, -0.2) is 24.7 Å². The zero-order valence-electron chi connectivity index (χ0n) is 17.7. The van der Waals surface area contributed by atoms with Crippen LogP contribution in [-0.2, 0) is 5.75 Å². The summed E-state index contributed by atoms with van der Waals surface area (Å²) in [5, 5.41) is 10.6. The van der Waals surface area contributed by atoms with E-state index in [1.54, 1.807) is 30.0 Å². The average Bonchev–Trinajstić information content (AvgIpc) is 3.27. The van der Waals surface area contributed by atoms with Gasteiger partial charge in [0.05, 0.1) is 34.2 Å². The van der Waals surface area contributed by atoms with Gasteiger partial charge in [-0.05, 0) is 49.2 Å². The van der Waals surface area contributed by atoms with E-state index in [4.69, 9.17) is 4.98 Å².